The van der Waals surface area contributed by atoms with Gasteiger partial charge in [0.1, 0.15) is 0 Å². The predicted molar refractivity (Wildman–Crippen MR) is 66.9 cm³/mol. The third-order valence-corrected chi connectivity index (χ3v) is 3.25. The number of carbonyl (C=O) groups excluding carboxylic acids is 1. The van der Waals surface area contributed by atoms with Crippen LogP contribution in [0.5, 0.6) is 0 Å². The minimum Gasteiger partial charge on any atom is -0.465 e. The van der Waals surface area contributed by atoms with Crippen molar-refractivity contribution in [1.82, 2.24) is 4.90 Å². The minimum atomic E-state index is -0.123. The lowest BCUT2D eigenvalue weighted by atomic mass is 10.1. The summed E-state index contributed by atoms with van der Waals surface area (Å²) in [6.07, 6.45) is 3.33. The second-order valence-corrected chi connectivity index (χ2v) is 5.22. The molecular weight excluding hydrogens is 218 g/mol. The van der Waals surface area contributed by atoms with Crippen molar-refractivity contribution in [3.8, 4) is 0 Å². The third kappa shape index (κ3) is 5.50. The van der Waals surface area contributed by atoms with E-state index in [1.807, 2.05) is 6.92 Å². The van der Waals surface area contributed by atoms with E-state index in [9.17, 15) is 4.79 Å². The van der Waals surface area contributed by atoms with Gasteiger partial charge in [0, 0.05) is 19.7 Å². The fourth-order valence-electron chi connectivity index (χ4n) is 1.72. The number of carbonyl (C=O) groups is 1. The van der Waals surface area contributed by atoms with Crippen LogP contribution < -0.4 is 0 Å². The Labute approximate surface area is 104 Å². The second kappa shape index (κ2) is 6.36. The largest absolute Gasteiger partial charge is 0.465 e. The summed E-state index contributed by atoms with van der Waals surface area (Å²) >= 11 is 0. The number of esters is 1. The minimum absolute atomic E-state index is 0.116. The Balaban J connectivity index is 2.36. The molecule has 4 nitrogen and oxygen atoms in total. The van der Waals surface area contributed by atoms with Crippen LogP contribution in [0.2, 0.25) is 0 Å². The smallest absolute Gasteiger partial charge is 0.320 e. The zero-order valence-corrected chi connectivity index (χ0v) is 11.5. The van der Waals surface area contributed by atoms with Gasteiger partial charge in [0.25, 0.3) is 0 Å². The van der Waals surface area contributed by atoms with Crippen molar-refractivity contribution in [2.75, 3.05) is 26.8 Å². The van der Waals surface area contributed by atoms with Crippen LogP contribution in [0, 0.1) is 0 Å². The molecule has 100 valence electrons. The van der Waals surface area contributed by atoms with Crippen molar-refractivity contribution >= 4 is 5.97 Å². The highest BCUT2D eigenvalue weighted by Gasteiger charge is 2.31. The molecule has 0 heterocycles. The highest BCUT2D eigenvalue weighted by Crippen LogP contribution is 2.28. The molecule has 0 spiro atoms. The third-order valence-electron chi connectivity index (χ3n) is 3.25. The lowest BCUT2D eigenvalue weighted by Crippen LogP contribution is -2.37. The van der Waals surface area contributed by atoms with E-state index in [2.05, 4.69) is 18.7 Å². The zero-order chi connectivity index (χ0) is 12.9. The summed E-state index contributed by atoms with van der Waals surface area (Å²) in [5.74, 6) is -0.116. The zero-order valence-electron chi connectivity index (χ0n) is 11.5. The van der Waals surface area contributed by atoms with Gasteiger partial charge in [-0.1, -0.05) is 0 Å². The van der Waals surface area contributed by atoms with Crippen molar-refractivity contribution in [2.45, 2.75) is 51.7 Å². The van der Waals surface area contributed by atoms with Crippen LogP contribution in [0.4, 0.5) is 0 Å². The van der Waals surface area contributed by atoms with E-state index < -0.39 is 0 Å². The predicted octanol–water partition coefficient (Wildman–Crippen LogP) is 1.83. The first-order valence-corrected chi connectivity index (χ1v) is 6.43. The van der Waals surface area contributed by atoms with E-state index in [0.29, 0.717) is 19.2 Å². The molecule has 0 amide bonds. The average Bonchev–Trinajstić information content (AvgIpc) is 3.08. The molecule has 1 rings (SSSR count). The summed E-state index contributed by atoms with van der Waals surface area (Å²) in [6, 6.07) is 0.576. The molecule has 0 saturated heterocycles. The number of methoxy groups -OCH3 is 1. The van der Waals surface area contributed by atoms with E-state index in [1.165, 1.54) is 12.8 Å². The number of hydrogen-bond donors (Lipinski definition) is 0. The van der Waals surface area contributed by atoms with Gasteiger partial charge in [0.15, 0.2) is 0 Å². The number of nitrogens with zero attached hydrogens (tertiary/aromatic N) is 1. The molecule has 0 radical (unpaired) electrons. The highest BCUT2D eigenvalue weighted by molar-refractivity contribution is 5.71. The molecule has 17 heavy (non-hydrogen) atoms. The molecule has 1 saturated carbocycles. The second-order valence-electron chi connectivity index (χ2n) is 5.22. The lowest BCUT2D eigenvalue weighted by molar-refractivity contribution is -0.144. The molecule has 1 fully saturated rings. The Kier molecular flexibility index (Phi) is 5.40. The first-order valence-electron chi connectivity index (χ1n) is 6.43. The van der Waals surface area contributed by atoms with E-state index in [1.54, 1.807) is 7.11 Å². The summed E-state index contributed by atoms with van der Waals surface area (Å²) in [5, 5.41) is 0. The SMILES string of the molecule is CCOC(=O)CN(CCC(C)(C)OC)C1CC1. The fourth-order valence-corrected chi connectivity index (χ4v) is 1.72. The van der Waals surface area contributed by atoms with Gasteiger partial charge >= 0.3 is 5.97 Å². The Morgan fingerprint density at radius 3 is 2.53 bits per heavy atom. The van der Waals surface area contributed by atoms with Crippen LogP contribution in [0.15, 0.2) is 0 Å². The number of hydrogen-bond acceptors (Lipinski definition) is 4. The maximum absolute atomic E-state index is 11.5. The van der Waals surface area contributed by atoms with Crippen LogP contribution in [0.3, 0.4) is 0 Å². The fraction of sp³-hybridized carbons (Fsp3) is 0.923. The molecule has 1 aliphatic carbocycles. The molecule has 0 bridgehead atoms. The molecule has 0 aliphatic heterocycles. The van der Waals surface area contributed by atoms with E-state index in [-0.39, 0.29) is 11.6 Å². The molecule has 0 unspecified atom stereocenters. The maximum atomic E-state index is 11.5. The van der Waals surface area contributed by atoms with Crippen LogP contribution in [-0.2, 0) is 14.3 Å². The Morgan fingerprint density at radius 2 is 2.06 bits per heavy atom. The first-order chi connectivity index (χ1) is 7.98. The maximum Gasteiger partial charge on any atom is 0.320 e. The van der Waals surface area contributed by atoms with Gasteiger partial charge in [-0.25, -0.2) is 0 Å². The molecule has 0 aromatic rings. The normalized spacial score (nSPS) is 16.3. The quantitative estimate of drug-likeness (QED) is 0.610. The van der Waals surface area contributed by atoms with Crippen molar-refractivity contribution in [3.05, 3.63) is 0 Å². The van der Waals surface area contributed by atoms with E-state index >= 15 is 0 Å². The summed E-state index contributed by atoms with van der Waals surface area (Å²) in [5.41, 5.74) is -0.123. The highest BCUT2D eigenvalue weighted by atomic mass is 16.5. The van der Waals surface area contributed by atoms with Crippen LogP contribution in [0.1, 0.15) is 40.0 Å². The van der Waals surface area contributed by atoms with Gasteiger partial charge < -0.3 is 9.47 Å². The van der Waals surface area contributed by atoms with Crippen LogP contribution in [0.25, 0.3) is 0 Å². The van der Waals surface area contributed by atoms with Gasteiger partial charge in [-0.05, 0) is 40.0 Å². The molecule has 0 aromatic heterocycles. The molecular formula is C13H25NO3. The Hall–Kier alpha value is -0.610. The monoisotopic (exact) mass is 243 g/mol. The number of rotatable bonds is 8. The Morgan fingerprint density at radius 1 is 1.41 bits per heavy atom. The average molecular weight is 243 g/mol. The Bertz CT molecular complexity index is 249. The van der Waals surface area contributed by atoms with Crippen LogP contribution >= 0.6 is 0 Å². The first kappa shape index (κ1) is 14.5. The summed E-state index contributed by atoms with van der Waals surface area (Å²) in [4.78, 5) is 13.7. The van der Waals surface area contributed by atoms with Gasteiger partial charge in [0.2, 0.25) is 0 Å². The van der Waals surface area contributed by atoms with Gasteiger partial charge in [0.05, 0.1) is 18.8 Å². The standard InChI is InChI=1S/C13H25NO3/c1-5-17-12(15)10-14(11-6-7-11)9-8-13(2,3)16-4/h11H,5-10H2,1-4H3. The lowest BCUT2D eigenvalue weighted by Gasteiger charge is -2.27. The topological polar surface area (TPSA) is 38.8 Å². The van der Waals surface area contributed by atoms with Crippen LogP contribution in [-0.4, -0.2) is 49.3 Å². The summed E-state index contributed by atoms with van der Waals surface area (Å²) in [6.45, 7) is 7.75. The van der Waals surface area contributed by atoms with Crippen molar-refractivity contribution in [3.63, 3.8) is 0 Å². The van der Waals surface area contributed by atoms with Gasteiger partial charge in [-0.3, -0.25) is 9.69 Å². The van der Waals surface area contributed by atoms with Crippen molar-refractivity contribution in [1.29, 1.82) is 0 Å². The van der Waals surface area contributed by atoms with E-state index in [4.69, 9.17) is 9.47 Å². The summed E-state index contributed by atoms with van der Waals surface area (Å²) < 4.78 is 10.4. The molecule has 0 N–H and O–H groups in total. The molecule has 1 aliphatic rings. The van der Waals surface area contributed by atoms with Crippen molar-refractivity contribution in [2.24, 2.45) is 0 Å². The molecule has 0 aromatic carbocycles. The van der Waals surface area contributed by atoms with Gasteiger partial charge in [-0.2, -0.15) is 0 Å². The van der Waals surface area contributed by atoms with E-state index in [0.717, 1.165) is 13.0 Å². The molecule has 4 heteroatoms. The van der Waals surface area contributed by atoms with Gasteiger partial charge in [-0.15, -0.1) is 0 Å². The molecule has 0 atom stereocenters. The van der Waals surface area contributed by atoms with Crippen molar-refractivity contribution < 1.29 is 14.3 Å². The summed E-state index contributed by atoms with van der Waals surface area (Å²) in [7, 11) is 1.73. The number of ether oxygens (including phenoxy) is 2.